The summed E-state index contributed by atoms with van der Waals surface area (Å²) in [6.07, 6.45) is 5.08. The molecule has 1 N–H and O–H groups in total. The molecule has 5 heteroatoms. The van der Waals surface area contributed by atoms with Gasteiger partial charge in [-0.15, -0.1) is 0 Å². The number of carbonyl (C=O) groups is 1. The highest BCUT2D eigenvalue weighted by molar-refractivity contribution is 7.07. The predicted molar refractivity (Wildman–Crippen MR) is 90.6 cm³/mol. The zero-order valence-electron chi connectivity index (χ0n) is 13.4. The summed E-state index contributed by atoms with van der Waals surface area (Å²) in [4.78, 5) is 15.1. The van der Waals surface area contributed by atoms with E-state index in [0.29, 0.717) is 23.8 Å². The van der Waals surface area contributed by atoms with Gasteiger partial charge in [-0.2, -0.15) is 11.3 Å². The van der Waals surface area contributed by atoms with E-state index in [1.807, 2.05) is 13.0 Å². The highest BCUT2D eigenvalue weighted by Crippen LogP contribution is 2.56. The van der Waals surface area contributed by atoms with Crippen molar-refractivity contribution >= 4 is 17.2 Å². The zero-order chi connectivity index (χ0) is 15.9. The fraction of sp³-hybridized carbons (Fsp3) is 0.500. The van der Waals surface area contributed by atoms with Crippen LogP contribution in [0.3, 0.4) is 0 Å². The molecule has 0 bridgehead atoms. The number of aryl methyl sites for hydroxylation is 1. The first-order valence-corrected chi connectivity index (χ1v) is 9.21. The number of furan rings is 1. The van der Waals surface area contributed by atoms with Crippen LogP contribution in [0, 0.1) is 12.3 Å². The number of carbonyl (C=O) groups excluding carboxylic acids is 1. The molecule has 1 amide bonds. The summed E-state index contributed by atoms with van der Waals surface area (Å²) in [5.74, 6) is 0.537. The fourth-order valence-corrected chi connectivity index (χ4v) is 4.51. The van der Waals surface area contributed by atoms with Crippen molar-refractivity contribution in [1.82, 2.24) is 10.2 Å². The van der Waals surface area contributed by atoms with E-state index in [2.05, 4.69) is 27.0 Å². The Labute approximate surface area is 140 Å². The maximum atomic E-state index is 13.1. The average molecular weight is 330 g/mol. The third-order valence-corrected chi connectivity index (χ3v) is 6.10. The molecule has 1 unspecified atom stereocenters. The van der Waals surface area contributed by atoms with Crippen LogP contribution >= 0.6 is 11.3 Å². The average Bonchev–Trinajstić information content (AvgIpc) is 2.97. The van der Waals surface area contributed by atoms with Gasteiger partial charge in [0.05, 0.1) is 6.26 Å². The van der Waals surface area contributed by atoms with E-state index in [9.17, 15) is 4.79 Å². The summed E-state index contributed by atoms with van der Waals surface area (Å²) in [5, 5.41) is 7.64. The predicted octanol–water partition coefficient (Wildman–Crippen LogP) is 3.43. The number of thiophene rings is 1. The highest BCUT2D eigenvalue weighted by atomic mass is 32.1. The molecule has 2 aromatic heterocycles. The van der Waals surface area contributed by atoms with Gasteiger partial charge >= 0.3 is 0 Å². The Hall–Kier alpha value is -1.59. The lowest BCUT2D eigenvalue weighted by atomic mass is 9.93. The van der Waals surface area contributed by atoms with Crippen LogP contribution in [0.4, 0.5) is 0 Å². The van der Waals surface area contributed by atoms with E-state index < -0.39 is 0 Å². The van der Waals surface area contributed by atoms with Crippen LogP contribution < -0.4 is 5.32 Å². The van der Waals surface area contributed by atoms with E-state index in [1.54, 1.807) is 17.6 Å². The Kier molecular flexibility index (Phi) is 3.77. The summed E-state index contributed by atoms with van der Waals surface area (Å²) < 4.78 is 5.48. The van der Waals surface area contributed by atoms with Gasteiger partial charge in [-0.25, -0.2) is 0 Å². The molecule has 23 heavy (non-hydrogen) atoms. The van der Waals surface area contributed by atoms with Crippen LogP contribution in [-0.2, 0) is 6.54 Å². The van der Waals surface area contributed by atoms with Crippen LogP contribution in [0.2, 0.25) is 0 Å². The largest absolute Gasteiger partial charge is 0.459 e. The summed E-state index contributed by atoms with van der Waals surface area (Å²) >= 11 is 1.68. The molecule has 2 aliphatic rings. The number of rotatable bonds is 4. The Balaban J connectivity index is 1.59. The number of hydrogen-bond acceptors (Lipinski definition) is 4. The van der Waals surface area contributed by atoms with Crippen LogP contribution in [0.1, 0.15) is 40.9 Å². The minimum atomic E-state index is 0.0408. The molecular formula is C18H22N2O2S. The molecule has 1 saturated carbocycles. The number of piperidine rings is 1. The van der Waals surface area contributed by atoms with Gasteiger partial charge in [0.15, 0.2) is 5.76 Å². The van der Waals surface area contributed by atoms with Crippen molar-refractivity contribution in [2.45, 2.75) is 38.8 Å². The van der Waals surface area contributed by atoms with E-state index in [1.165, 1.54) is 18.4 Å². The molecule has 2 aromatic rings. The fourth-order valence-electron chi connectivity index (χ4n) is 3.85. The van der Waals surface area contributed by atoms with Gasteiger partial charge in [0.25, 0.3) is 5.91 Å². The Bertz CT molecular complexity index is 686. The molecule has 1 atom stereocenters. The molecule has 3 heterocycles. The van der Waals surface area contributed by atoms with E-state index >= 15 is 0 Å². The lowest BCUT2D eigenvalue weighted by Gasteiger charge is -2.29. The first kappa shape index (κ1) is 15.0. The minimum Gasteiger partial charge on any atom is -0.459 e. The third-order valence-electron chi connectivity index (χ3n) is 5.37. The van der Waals surface area contributed by atoms with Crippen molar-refractivity contribution in [2.75, 3.05) is 13.1 Å². The standard InChI is InChI=1S/C18H22N2O2S/c1-13-2-8-22-16(13)17(21)20(11-14-3-9-23-12-14)15-10-18(15)4-6-19-7-5-18/h2-3,8-9,12,15,19H,4-7,10-11H2,1H3. The lowest BCUT2D eigenvalue weighted by molar-refractivity contribution is 0.0659. The molecule has 1 spiro atoms. The molecule has 2 fully saturated rings. The first-order chi connectivity index (χ1) is 11.2. The highest BCUT2D eigenvalue weighted by Gasteiger charge is 2.58. The smallest absolute Gasteiger partial charge is 0.290 e. The van der Waals surface area contributed by atoms with Gasteiger partial charge in [-0.3, -0.25) is 4.79 Å². The van der Waals surface area contributed by atoms with Crippen molar-refractivity contribution < 1.29 is 9.21 Å². The van der Waals surface area contributed by atoms with Crippen molar-refractivity contribution in [3.8, 4) is 0 Å². The second-order valence-corrected chi connectivity index (χ2v) is 7.61. The molecule has 1 saturated heterocycles. The van der Waals surface area contributed by atoms with Crippen LogP contribution in [0.15, 0.2) is 33.6 Å². The summed E-state index contributed by atoms with van der Waals surface area (Å²) in [6.45, 7) is 4.75. The van der Waals surface area contributed by atoms with Gasteiger partial charge in [0.2, 0.25) is 0 Å². The number of amides is 1. The van der Waals surface area contributed by atoms with Crippen LogP contribution in [-0.4, -0.2) is 29.9 Å². The van der Waals surface area contributed by atoms with Crippen molar-refractivity contribution in [2.24, 2.45) is 5.41 Å². The van der Waals surface area contributed by atoms with E-state index in [4.69, 9.17) is 4.42 Å². The third kappa shape index (κ3) is 2.72. The maximum Gasteiger partial charge on any atom is 0.290 e. The van der Waals surface area contributed by atoms with E-state index in [0.717, 1.165) is 25.1 Å². The molecule has 4 rings (SSSR count). The molecule has 4 nitrogen and oxygen atoms in total. The molecule has 0 aromatic carbocycles. The number of hydrogen-bond donors (Lipinski definition) is 1. The van der Waals surface area contributed by atoms with Gasteiger partial charge in [0.1, 0.15) is 0 Å². The Morgan fingerprint density at radius 3 is 2.91 bits per heavy atom. The van der Waals surface area contributed by atoms with Gasteiger partial charge < -0.3 is 14.6 Å². The van der Waals surface area contributed by atoms with Gasteiger partial charge in [-0.05, 0) is 73.1 Å². The number of nitrogens with zero attached hydrogens (tertiary/aromatic N) is 1. The topological polar surface area (TPSA) is 45.5 Å². The molecule has 0 radical (unpaired) electrons. The number of nitrogens with one attached hydrogen (secondary N) is 1. The zero-order valence-corrected chi connectivity index (χ0v) is 14.2. The second kappa shape index (κ2) is 5.80. The summed E-state index contributed by atoms with van der Waals surface area (Å²) in [5.41, 5.74) is 2.46. The molecular weight excluding hydrogens is 308 g/mol. The second-order valence-electron chi connectivity index (χ2n) is 6.83. The van der Waals surface area contributed by atoms with Gasteiger partial charge in [0, 0.05) is 18.2 Å². The minimum absolute atomic E-state index is 0.0408. The Morgan fingerprint density at radius 1 is 1.43 bits per heavy atom. The SMILES string of the molecule is Cc1ccoc1C(=O)N(Cc1ccsc1)C1CC12CCNCC2. The van der Waals surface area contributed by atoms with Crippen molar-refractivity contribution in [3.05, 3.63) is 46.0 Å². The molecule has 1 aliphatic heterocycles. The maximum absolute atomic E-state index is 13.1. The van der Waals surface area contributed by atoms with Gasteiger partial charge in [-0.1, -0.05) is 0 Å². The van der Waals surface area contributed by atoms with Crippen LogP contribution in [0.5, 0.6) is 0 Å². The monoisotopic (exact) mass is 330 g/mol. The van der Waals surface area contributed by atoms with Crippen molar-refractivity contribution in [3.63, 3.8) is 0 Å². The van der Waals surface area contributed by atoms with Crippen molar-refractivity contribution in [1.29, 1.82) is 0 Å². The quantitative estimate of drug-likeness (QED) is 0.934. The first-order valence-electron chi connectivity index (χ1n) is 8.26. The van der Waals surface area contributed by atoms with Crippen LogP contribution in [0.25, 0.3) is 0 Å². The Morgan fingerprint density at radius 2 is 2.26 bits per heavy atom. The lowest BCUT2D eigenvalue weighted by Crippen LogP contribution is -2.39. The van der Waals surface area contributed by atoms with E-state index in [-0.39, 0.29) is 5.91 Å². The summed E-state index contributed by atoms with van der Waals surface area (Å²) in [6, 6.07) is 4.32. The summed E-state index contributed by atoms with van der Waals surface area (Å²) in [7, 11) is 0. The molecule has 122 valence electrons. The normalized spacial score (nSPS) is 22.2. The molecule has 1 aliphatic carbocycles.